The quantitative estimate of drug-likeness (QED) is 0.816. The molecule has 19 heavy (non-hydrogen) atoms. The minimum absolute atomic E-state index is 0.425. The second-order valence-corrected chi connectivity index (χ2v) is 6.01. The molecule has 0 saturated heterocycles. The first kappa shape index (κ1) is 16.2. The van der Waals surface area contributed by atoms with Crippen LogP contribution in [0, 0.1) is 0 Å². The van der Waals surface area contributed by atoms with Crippen LogP contribution in [0.25, 0.3) is 5.47 Å². The second kappa shape index (κ2) is 5.67. The molecule has 0 aliphatic heterocycles. The molecule has 2 N–H and O–H groups in total. The van der Waals surface area contributed by atoms with Crippen LogP contribution in [0.2, 0.25) is 5.02 Å². The van der Waals surface area contributed by atoms with Gasteiger partial charge in [-0.05, 0) is 50.9 Å². The third-order valence-corrected chi connectivity index (χ3v) is 3.64. The van der Waals surface area contributed by atoms with E-state index in [2.05, 4.69) is 6.58 Å². The molecule has 3 nitrogen and oxygen atoms in total. The van der Waals surface area contributed by atoms with Crippen molar-refractivity contribution in [2.75, 3.05) is 0 Å². The Morgan fingerprint density at radius 1 is 1.21 bits per heavy atom. The van der Waals surface area contributed by atoms with Gasteiger partial charge in [0, 0.05) is 5.02 Å². The Kier molecular flexibility index (Phi) is 4.85. The minimum atomic E-state index is -1.19. The first-order chi connectivity index (χ1) is 8.54. The lowest BCUT2D eigenvalue weighted by atomic mass is 9.73. The molecule has 0 aliphatic rings. The molecule has 1 aromatic carbocycles. The van der Waals surface area contributed by atoms with E-state index in [9.17, 15) is 10.1 Å². The summed E-state index contributed by atoms with van der Waals surface area (Å²) in [5, 5.41) is 20.7. The van der Waals surface area contributed by atoms with E-state index in [0.717, 1.165) is 5.56 Å². The van der Waals surface area contributed by atoms with Crippen LogP contribution in [-0.4, -0.2) is 28.5 Å². The lowest BCUT2D eigenvalue weighted by Gasteiger charge is -2.38. The van der Waals surface area contributed by atoms with Crippen molar-refractivity contribution in [1.82, 2.24) is 0 Å². The van der Waals surface area contributed by atoms with Gasteiger partial charge in [-0.2, -0.15) is 0 Å². The fourth-order valence-electron chi connectivity index (χ4n) is 1.30. The van der Waals surface area contributed by atoms with E-state index in [1.807, 2.05) is 0 Å². The molecular weight excluding hydrogens is 262 g/mol. The fourth-order valence-corrected chi connectivity index (χ4v) is 1.43. The van der Waals surface area contributed by atoms with E-state index < -0.39 is 18.3 Å². The van der Waals surface area contributed by atoms with Crippen molar-refractivity contribution < 1.29 is 14.8 Å². The Balaban J connectivity index is 2.81. The van der Waals surface area contributed by atoms with E-state index in [-0.39, 0.29) is 0 Å². The molecule has 0 heterocycles. The van der Waals surface area contributed by atoms with Crippen molar-refractivity contribution in [1.29, 1.82) is 0 Å². The molecule has 0 bridgehead atoms. The monoisotopic (exact) mass is 282 g/mol. The maximum Gasteiger partial charge on any atom is 0.491 e. The van der Waals surface area contributed by atoms with E-state index >= 15 is 0 Å². The van der Waals surface area contributed by atoms with Gasteiger partial charge in [0.1, 0.15) is 0 Å². The van der Waals surface area contributed by atoms with Gasteiger partial charge in [0.2, 0.25) is 0 Å². The fraction of sp³-hybridized carbons (Fsp3) is 0.429. The number of aliphatic hydroxyl groups is 1. The highest BCUT2D eigenvalue weighted by Gasteiger charge is 2.39. The number of halogens is 1. The summed E-state index contributed by atoms with van der Waals surface area (Å²) in [6, 6.07) is 6.95. The van der Waals surface area contributed by atoms with Crippen LogP contribution in [0.4, 0.5) is 0 Å². The number of hydrogen-bond donors (Lipinski definition) is 2. The molecule has 0 saturated carbocycles. The Hall–Kier alpha value is -0.805. The van der Waals surface area contributed by atoms with Crippen molar-refractivity contribution in [2.24, 2.45) is 0 Å². The lowest BCUT2D eigenvalue weighted by molar-refractivity contribution is -0.0981. The zero-order valence-corrected chi connectivity index (χ0v) is 12.5. The van der Waals surface area contributed by atoms with Gasteiger partial charge in [-0.15, -0.1) is 0 Å². The maximum atomic E-state index is 10.1. The van der Waals surface area contributed by atoms with Crippen LogP contribution in [0.1, 0.15) is 33.3 Å². The molecule has 0 aliphatic carbocycles. The lowest BCUT2D eigenvalue weighted by Crippen LogP contribution is -2.50. The molecule has 0 atom stereocenters. The zero-order chi connectivity index (χ0) is 14.8. The Bertz CT molecular complexity index is 449. The summed E-state index contributed by atoms with van der Waals surface area (Å²) in [5.41, 5.74) is -0.840. The Labute approximate surface area is 120 Å². The van der Waals surface area contributed by atoms with E-state index in [4.69, 9.17) is 16.3 Å². The molecule has 1 rings (SSSR count). The van der Waals surface area contributed by atoms with Crippen molar-refractivity contribution in [3.63, 3.8) is 0 Å². The number of hydrogen-bond acceptors (Lipinski definition) is 3. The molecular formula is C14H20BClO3. The topological polar surface area (TPSA) is 49.7 Å². The van der Waals surface area contributed by atoms with E-state index in [0.29, 0.717) is 10.5 Å². The average molecular weight is 283 g/mol. The highest BCUT2D eigenvalue weighted by Crippen LogP contribution is 2.28. The summed E-state index contributed by atoms with van der Waals surface area (Å²) >= 11 is 5.81. The van der Waals surface area contributed by atoms with Gasteiger partial charge in [0.15, 0.2) is 0 Å². The largest absolute Gasteiger partial charge is 0.491 e. The summed E-state index contributed by atoms with van der Waals surface area (Å²) < 4.78 is 5.52. The van der Waals surface area contributed by atoms with Crippen LogP contribution in [-0.2, 0) is 4.65 Å². The van der Waals surface area contributed by atoms with Gasteiger partial charge in [-0.25, -0.2) is 0 Å². The predicted molar refractivity (Wildman–Crippen MR) is 79.9 cm³/mol. The predicted octanol–water partition coefficient (Wildman–Crippen LogP) is 2.94. The van der Waals surface area contributed by atoms with Gasteiger partial charge in [-0.3, -0.25) is 0 Å². The van der Waals surface area contributed by atoms with Crippen LogP contribution in [0.5, 0.6) is 0 Å². The first-order valence-electron chi connectivity index (χ1n) is 6.07. The minimum Gasteiger partial charge on any atom is -0.423 e. The van der Waals surface area contributed by atoms with Crippen LogP contribution < -0.4 is 0 Å². The van der Waals surface area contributed by atoms with Gasteiger partial charge < -0.3 is 14.8 Å². The van der Waals surface area contributed by atoms with Gasteiger partial charge in [-0.1, -0.05) is 30.3 Å². The number of rotatable bonds is 5. The Morgan fingerprint density at radius 3 is 2.11 bits per heavy atom. The number of benzene rings is 1. The Morgan fingerprint density at radius 2 is 1.68 bits per heavy atom. The molecule has 0 amide bonds. The highest BCUT2D eigenvalue weighted by atomic mass is 35.5. The first-order valence-corrected chi connectivity index (χ1v) is 6.45. The summed E-state index contributed by atoms with van der Waals surface area (Å²) in [4.78, 5) is 0. The SMILES string of the molecule is C=C(B(O)OC(C)(C)C(C)(C)O)c1ccc(Cl)cc1. The molecule has 1 aromatic rings. The second-order valence-electron chi connectivity index (χ2n) is 5.57. The van der Waals surface area contributed by atoms with Crippen LogP contribution in [0.3, 0.4) is 0 Å². The standard InChI is InChI=1S/C14H20BClO3/c1-10(11-6-8-12(16)9-7-11)15(18)19-14(4,5)13(2,3)17/h6-9,17-18H,1H2,2-5H3. The normalized spacial score (nSPS) is 12.4. The van der Waals surface area contributed by atoms with E-state index in [1.165, 1.54) is 0 Å². The molecule has 0 radical (unpaired) electrons. The molecule has 0 aromatic heterocycles. The van der Waals surface area contributed by atoms with Crippen molar-refractivity contribution in [3.8, 4) is 0 Å². The molecule has 0 fully saturated rings. The third kappa shape index (κ3) is 4.08. The van der Waals surface area contributed by atoms with Gasteiger partial charge in [0.05, 0.1) is 11.2 Å². The maximum absolute atomic E-state index is 10.1. The average Bonchev–Trinajstić information content (AvgIpc) is 2.27. The molecule has 5 heteroatoms. The van der Waals surface area contributed by atoms with Crippen molar-refractivity contribution >= 4 is 24.2 Å². The summed E-state index contributed by atoms with van der Waals surface area (Å²) in [6.07, 6.45) is 0. The summed E-state index contributed by atoms with van der Waals surface area (Å²) in [7, 11) is -1.19. The van der Waals surface area contributed by atoms with Gasteiger partial charge >= 0.3 is 7.12 Å². The van der Waals surface area contributed by atoms with E-state index in [1.54, 1.807) is 52.0 Å². The molecule has 0 spiro atoms. The zero-order valence-electron chi connectivity index (χ0n) is 11.8. The summed E-state index contributed by atoms with van der Waals surface area (Å²) in [6.45, 7) is 10.5. The van der Waals surface area contributed by atoms with Crippen LogP contribution in [0.15, 0.2) is 30.8 Å². The molecule has 104 valence electrons. The van der Waals surface area contributed by atoms with Crippen LogP contribution >= 0.6 is 11.6 Å². The summed E-state index contributed by atoms with van der Waals surface area (Å²) in [5.74, 6) is 0. The third-order valence-electron chi connectivity index (χ3n) is 3.39. The highest BCUT2D eigenvalue weighted by molar-refractivity contribution is 6.66. The van der Waals surface area contributed by atoms with Crippen molar-refractivity contribution in [3.05, 3.63) is 41.4 Å². The molecule has 0 unspecified atom stereocenters. The van der Waals surface area contributed by atoms with Crippen molar-refractivity contribution in [2.45, 2.75) is 38.9 Å². The van der Waals surface area contributed by atoms with Gasteiger partial charge in [0.25, 0.3) is 0 Å². The smallest absolute Gasteiger partial charge is 0.423 e.